The lowest BCUT2D eigenvalue weighted by molar-refractivity contribution is 0.0944. The number of amides is 1. The molecule has 0 bridgehead atoms. The number of hydrazine groups is 1. The first kappa shape index (κ1) is 17.4. The van der Waals surface area contributed by atoms with Crippen molar-refractivity contribution in [2.24, 2.45) is 0 Å². The first-order chi connectivity index (χ1) is 11.0. The predicted octanol–water partition coefficient (Wildman–Crippen LogP) is 3.95. The summed E-state index contributed by atoms with van der Waals surface area (Å²) in [6.45, 7) is 4.11. The van der Waals surface area contributed by atoms with Crippen LogP contribution < -0.4 is 16.2 Å². The van der Waals surface area contributed by atoms with Crippen molar-refractivity contribution in [2.45, 2.75) is 20.3 Å². The van der Waals surface area contributed by atoms with Crippen molar-refractivity contribution in [3.63, 3.8) is 0 Å². The predicted molar refractivity (Wildman–Crippen MR) is 102 cm³/mol. The number of aryl methyl sites for hydroxylation is 2. The second-order valence-corrected chi connectivity index (χ2v) is 6.33. The Hall–Kier alpha value is -1.92. The van der Waals surface area contributed by atoms with E-state index >= 15 is 0 Å². The molecule has 0 fully saturated rings. The number of para-hydroxylation sites is 1. The number of thiocarbonyl (C=S) groups is 1. The van der Waals surface area contributed by atoms with Gasteiger partial charge in [0.25, 0.3) is 5.91 Å². The summed E-state index contributed by atoms with van der Waals surface area (Å²) in [5.41, 5.74) is 9.12. The van der Waals surface area contributed by atoms with Crippen LogP contribution in [0.15, 0.2) is 46.9 Å². The number of hydrogen-bond donors (Lipinski definition) is 3. The lowest BCUT2D eigenvalue weighted by atomic mass is 10.1. The summed E-state index contributed by atoms with van der Waals surface area (Å²) in [5.74, 6) is -0.254. The summed E-state index contributed by atoms with van der Waals surface area (Å²) in [4.78, 5) is 12.1. The third kappa shape index (κ3) is 4.77. The van der Waals surface area contributed by atoms with Gasteiger partial charge in [-0.15, -0.1) is 0 Å². The van der Waals surface area contributed by atoms with E-state index < -0.39 is 0 Å². The summed E-state index contributed by atoms with van der Waals surface area (Å²) < 4.78 is 0.846. The standard InChI is InChI=1S/C17H18BrN3OS/c1-3-12-7-4-6-11(2)15(12)19-17(23)21-20-16(22)13-8-5-9-14(18)10-13/h4-10H,3H2,1-2H3,(H,20,22)(H2,19,21,23). The van der Waals surface area contributed by atoms with Gasteiger partial charge in [0.2, 0.25) is 0 Å². The molecule has 2 aromatic rings. The van der Waals surface area contributed by atoms with Crippen molar-refractivity contribution in [2.75, 3.05) is 5.32 Å². The second kappa shape index (κ2) is 8.08. The molecule has 4 nitrogen and oxygen atoms in total. The Morgan fingerprint density at radius 2 is 1.91 bits per heavy atom. The van der Waals surface area contributed by atoms with Crippen LogP contribution in [0.4, 0.5) is 5.69 Å². The molecule has 1 amide bonds. The number of benzene rings is 2. The molecule has 120 valence electrons. The van der Waals surface area contributed by atoms with Gasteiger partial charge in [-0.25, -0.2) is 0 Å². The van der Waals surface area contributed by atoms with Crippen molar-refractivity contribution in [3.05, 3.63) is 63.6 Å². The fourth-order valence-corrected chi connectivity index (χ4v) is 2.71. The molecule has 0 saturated carbocycles. The zero-order valence-corrected chi connectivity index (χ0v) is 15.3. The third-order valence-electron chi connectivity index (χ3n) is 3.35. The molecule has 0 atom stereocenters. The second-order valence-electron chi connectivity index (χ2n) is 5.01. The first-order valence-electron chi connectivity index (χ1n) is 7.22. The number of carbonyl (C=O) groups excluding carboxylic acids is 1. The Bertz CT molecular complexity index is 734. The molecular formula is C17H18BrN3OS. The minimum atomic E-state index is -0.254. The Morgan fingerprint density at radius 3 is 2.61 bits per heavy atom. The van der Waals surface area contributed by atoms with Gasteiger partial charge in [-0.2, -0.15) is 0 Å². The first-order valence-corrected chi connectivity index (χ1v) is 8.42. The molecule has 0 unspecified atom stereocenters. The summed E-state index contributed by atoms with van der Waals surface area (Å²) in [6.07, 6.45) is 0.900. The number of nitrogens with one attached hydrogen (secondary N) is 3. The van der Waals surface area contributed by atoms with Crippen molar-refractivity contribution < 1.29 is 4.79 Å². The Kier molecular flexibility index (Phi) is 6.12. The summed E-state index contributed by atoms with van der Waals surface area (Å²) in [6, 6.07) is 13.2. The van der Waals surface area contributed by atoms with Gasteiger partial charge in [0.05, 0.1) is 0 Å². The monoisotopic (exact) mass is 391 g/mol. The Balaban J connectivity index is 1.97. The normalized spacial score (nSPS) is 10.0. The van der Waals surface area contributed by atoms with E-state index in [0.29, 0.717) is 10.7 Å². The molecule has 2 rings (SSSR count). The van der Waals surface area contributed by atoms with Crippen LogP contribution in [0.1, 0.15) is 28.4 Å². The maximum atomic E-state index is 12.1. The highest BCUT2D eigenvalue weighted by Gasteiger charge is 2.08. The average Bonchev–Trinajstić information content (AvgIpc) is 2.54. The average molecular weight is 392 g/mol. The molecule has 6 heteroatoms. The number of halogens is 1. The van der Waals surface area contributed by atoms with Crippen LogP contribution in [-0.2, 0) is 6.42 Å². The molecule has 0 spiro atoms. The number of carbonyl (C=O) groups is 1. The molecule has 0 aromatic heterocycles. The van der Waals surface area contributed by atoms with Crippen LogP contribution in [0, 0.1) is 6.92 Å². The Labute approximate surface area is 149 Å². The van der Waals surface area contributed by atoms with Crippen LogP contribution >= 0.6 is 28.1 Å². The van der Waals surface area contributed by atoms with E-state index in [1.807, 2.05) is 25.1 Å². The van der Waals surface area contributed by atoms with Gasteiger partial charge in [-0.3, -0.25) is 15.6 Å². The van der Waals surface area contributed by atoms with E-state index in [-0.39, 0.29) is 5.91 Å². The lowest BCUT2D eigenvalue weighted by Crippen LogP contribution is -2.44. The zero-order valence-electron chi connectivity index (χ0n) is 12.9. The van der Waals surface area contributed by atoms with Crippen LogP contribution in [-0.4, -0.2) is 11.0 Å². The Morgan fingerprint density at radius 1 is 1.17 bits per heavy atom. The largest absolute Gasteiger partial charge is 0.331 e. The zero-order chi connectivity index (χ0) is 16.8. The third-order valence-corrected chi connectivity index (χ3v) is 4.05. The molecule has 0 aliphatic carbocycles. The summed E-state index contributed by atoms with van der Waals surface area (Å²) in [7, 11) is 0. The van der Waals surface area contributed by atoms with Gasteiger partial charge >= 0.3 is 0 Å². The van der Waals surface area contributed by atoms with Gasteiger partial charge in [0.1, 0.15) is 0 Å². The fourth-order valence-electron chi connectivity index (χ4n) is 2.16. The maximum Gasteiger partial charge on any atom is 0.269 e. The van der Waals surface area contributed by atoms with E-state index in [1.165, 1.54) is 5.56 Å². The van der Waals surface area contributed by atoms with Crippen LogP contribution in [0.5, 0.6) is 0 Å². The highest BCUT2D eigenvalue weighted by Crippen LogP contribution is 2.20. The lowest BCUT2D eigenvalue weighted by Gasteiger charge is -2.16. The van der Waals surface area contributed by atoms with Crippen molar-refractivity contribution in [1.29, 1.82) is 0 Å². The summed E-state index contributed by atoms with van der Waals surface area (Å²) >= 11 is 8.59. The van der Waals surface area contributed by atoms with E-state index in [9.17, 15) is 4.79 Å². The van der Waals surface area contributed by atoms with E-state index in [4.69, 9.17) is 12.2 Å². The quantitative estimate of drug-likeness (QED) is 0.547. The van der Waals surface area contributed by atoms with Crippen molar-refractivity contribution in [3.8, 4) is 0 Å². The molecule has 2 aromatic carbocycles. The molecule has 0 heterocycles. The van der Waals surface area contributed by atoms with Crippen LogP contribution in [0.3, 0.4) is 0 Å². The minimum Gasteiger partial charge on any atom is -0.331 e. The number of anilines is 1. The number of hydrogen-bond acceptors (Lipinski definition) is 2. The minimum absolute atomic E-state index is 0.254. The molecule has 0 aliphatic rings. The van der Waals surface area contributed by atoms with Gasteiger partial charge < -0.3 is 5.32 Å². The molecule has 0 aliphatic heterocycles. The maximum absolute atomic E-state index is 12.1. The van der Waals surface area contributed by atoms with E-state index in [1.54, 1.807) is 18.2 Å². The summed E-state index contributed by atoms with van der Waals surface area (Å²) in [5, 5.41) is 3.49. The number of rotatable bonds is 3. The molecule has 0 saturated heterocycles. The molecule has 3 N–H and O–H groups in total. The van der Waals surface area contributed by atoms with Crippen LogP contribution in [0.25, 0.3) is 0 Å². The van der Waals surface area contributed by atoms with Gasteiger partial charge in [0.15, 0.2) is 5.11 Å². The molecule has 23 heavy (non-hydrogen) atoms. The van der Waals surface area contributed by atoms with Gasteiger partial charge in [0, 0.05) is 15.7 Å². The van der Waals surface area contributed by atoms with Gasteiger partial charge in [-0.1, -0.05) is 47.1 Å². The SMILES string of the molecule is CCc1cccc(C)c1NC(=S)NNC(=O)c1cccc(Br)c1. The van der Waals surface area contributed by atoms with Crippen LogP contribution in [0.2, 0.25) is 0 Å². The van der Waals surface area contributed by atoms with E-state index in [0.717, 1.165) is 22.1 Å². The molecule has 0 radical (unpaired) electrons. The smallest absolute Gasteiger partial charge is 0.269 e. The highest BCUT2D eigenvalue weighted by atomic mass is 79.9. The van der Waals surface area contributed by atoms with Crippen molar-refractivity contribution >= 4 is 44.9 Å². The van der Waals surface area contributed by atoms with Crippen molar-refractivity contribution in [1.82, 2.24) is 10.9 Å². The molecular weight excluding hydrogens is 374 g/mol. The van der Waals surface area contributed by atoms with E-state index in [2.05, 4.69) is 45.1 Å². The highest BCUT2D eigenvalue weighted by molar-refractivity contribution is 9.10. The topological polar surface area (TPSA) is 53.2 Å². The van der Waals surface area contributed by atoms with Gasteiger partial charge in [-0.05, 0) is 54.9 Å². The fraction of sp³-hybridized carbons (Fsp3) is 0.176.